The van der Waals surface area contributed by atoms with E-state index in [4.69, 9.17) is 28.9 Å². The van der Waals surface area contributed by atoms with E-state index in [1.807, 2.05) is 36.2 Å². The maximum atomic E-state index is 6.12. The maximum absolute atomic E-state index is 6.12. The van der Waals surface area contributed by atoms with Crippen LogP contribution in [0.1, 0.15) is 12.5 Å². The van der Waals surface area contributed by atoms with Crippen LogP contribution >= 0.6 is 23.2 Å². The number of aliphatic imine (C=N–C) groups is 1. The smallest absolute Gasteiger partial charge is 0.192 e. The predicted octanol–water partition coefficient (Wildman–Crippen LogP) is 4.14. The van der Waals surface area contributed by atoms with E-state index in [-0.39, 0.29) is 5.54 Å². The van der Waals surface area contributed by atoms with Crippen LogP contribution in [0.15, 0.2) is 47.5 Å². The van der Waals surface area contributed by atoms with Crippen molar-refractivity contribution >= 4 is 29.2 Å². The third-order valence-electron chi connectivity index (χ3n) is 4.03. The number of nitrogens with zero attached hydrogens (tertiary/aromatic N) is 2. The third-order valence-corrected chi connectivity index (χ3v) is 4.77. The molecule has 5 heteroatoms. The van der Waals surface area contributed by atoms with Gasteiger partial charge in [-0.1, -0.05) is 47.5 Å². The Balaban J connectivity index is 2.02. The number of nitrogens with two attached hydrogens (primary N) is 1. The van der Waals surface area contributed by atoms with E-state index in [1.165, 1.54) is 0 Å². The molecule has 0 saturated heterocycles. The van der Waals surface area contributed by atoms with Crippen LogP contribution in [0.3, 0.4) is 0 Å². The Morgan fingerprint density at radius 3 is 2.45 bits per heavy atom. The van der Waals surface area contributed by atoms with Crippen molar-refractivity contribution in [1.29, 1.82) is 0 Å². The van der Waals surface area contributed by atoms with E-state index < -0.39 is 0 Å². The van der Waals surface area contributed by atoms with Gasteiger partial charge in [-0.3, -0.25) is 0 Å². The molecule has 0 spiro atoms. The molecule has 22 heavy (non-hydrogen) atoms. The topological polar surface area (TPSA) is 41.6 Å². The van der Waals surface area contributed by atoms with Crippen LogP contribution in [0.4, 0.5) is 0 Å². The lowest BCUT2D eigenvalue weighted by Crippen LogP contribution is -2.32. The van der Waals surface area contributed by atoms with Crippen molar-refractivity contribution in [2.24, 2.45) is 10.7 Å². The van der Waals surface area contributed by atoms with Crippen LogP contribution in [0.25, 0.3) is 11.1 Å². The normalized spacial score (nSPS) is 21.1. The molecule has 0 bridgehead atoms. The van der Waals surface area contributed by atoms with Crippen LogP contribution in [0.2, 0.25) is 10.0 Å². The summed E-state index contributed by atoms with van der Waals surface area (Å²) in [5, 5.41) is 1.11. The highest BCUT2D eigenvalue weighted by Crippen LogP contribution is 2.34. The molecule has 0 radical (unpaired) electrons. The first-order valence-electron chi connectivity index (χ1n) is 7.01. The Morgan fingerprint density at radius 1 is 1.09 bits per heavy atom. The molecule has 2 aromatic rings. The van der Waals surface area contributed by atoms with Crippen molar-refractivity contribution in [3.8, 4) is 11.1 Å². The minimum absolute atomic E-state index is 0.328. The maximum Gasteiger partial charge on any atom is 0.192 e. The summed E-state index contributed by atoms with van der Waals surface area (Å²) < 4.78 is 0. The highest BCUT2D eigenvalue weighted by molar-refractivity contribution is 6.42. The van der Waals surface area contributed by atoms with Crippen molar-refractivity contribution in [3.05, 3.63) is 58.1 Å². The second-order valence-electron chi connectivity index (χ2n) is 5.81. The molecule has 2 aromatic carbocycles. The number of hydrogen-bond donors (Lipinski definition) is 1. The van der Waals surface area contributed by atoms with Gasteiger partial charge in [-0.05, 0) is 41.8 Å². The molecule has 1 unspecified atom stereocenters. The summed E-state index contributed by atoms with van der Waals surface area (Å²) in [4.78, 5) is 6.58. The average Bonchev–Trinajstić information content (AvgIpc) is 2.76. The standard InChI is InChI=1S/C17H17Cl2N3/c1-17(10-22(2)16(20)21-17)13-5-3-4-11(8-13)12-6-7-14(18)15(19)9-12/h3-9H,10H2,1-2H3,(H2,20,21). The Bertz CT molecular complexity index is 757. The number of rotatable bonds is 2. The molecule has 3 nitrogen and oxygen atoms in total. The van der Waals surface area contributed by atoms with Gasteiger partial charge in [0.15, 0.2) is 5.96 Å². The summed E-state index contributed by atoms with van der Waals surface area (Å²) >= 11 is 12.1. The van der Waals surface area contributed by atoms with Gasteiger partial charge in [0, 0.05) is 13.6 Å². The largest absolute Gasteiger partial charge is 0.370 e. The molecule has 3 rings (SSSR count). The quantitative estimate of drug-likeness (QED) is 0.897. The molecule has 1 atom stereocenters. The first-order valence-corrected chi connectivity index (χ1v) is 7.77. The third kappa shape index (κ3) is 2.67. The van der Waals surface area contributed by atoms with Gasteiger partial charge in [0.2, 0.25) is 0 Å². The lowest BCUT2D eigenvalue weighted by molar-refractivity contribution is 0.409. The number of likely N-dealkylation sites (N-methyl/N-ethyl adjacent to an activating group) is 1. The lowest BCUT2D eigenvalue weighted by Gasteiger charge is -2.23. The molecule has 0 saturated carbocycles. The molecular formula is C17H17Cl2N3. The fourth-order valence-corrected chi connectivity index (χ4v) is 3.08. The van der Waals surface area contributed by atoms with Gasteiger partial charge in [0.1, 0.15) is 5.54 Å². The zero-order valence-corrected chi connectivity index (χ0v) is 14.0. The van der Waals surface area contributed by atoms with E-state index >= 15 is 0 Å². The van der Waals surface area contributed by atoms with Gasteiger partial charge in [-0.25, -0.2) is 4.99 Å². The van der Waals surface area contributed by atoms with Gasteiger partial charge < -0.3 is 10.6 Å². The SMILES string of the molecule is CN1CC(C)(c2cccc(-c3ccc(Cl)c(Cl)c3)c2)N=C1N. The van der Waals surface area contributed by atoms with Crippen molar-refractivity contribution in [1.82, 2.24) is 4.90 Å². The molecule has 1 aliphatic rings. The van der Waals surface area contributed by atoms with Gasteiger partial charge in [-0.2, -0.15) is 0 Å². The molecule has 2 N–H and O–H groups in total. The summed E-state index contributed by atoms with van der Waals surface area (Å²) in [5.41, 5.74) is 8.84. The van der Waals surface area contributed by atoms with Crippen LogP contribution in [-0.2, 0) is 5.54 Å². The zero-order valence-electron chi connectivity index (χ0n) is 12.5. The first-order chi connectivity index (χ1) is 10.4. The van der Waals surface area contributed by atoms with Gasteiger partial charge in [0.05, 0.1) is 10.0 Å². The molecule has 0 aromatic heterocycles. The second-order valence-corrected chi connectivity index (χ2v) is 6.62. The fraction of sp³-hybridized carbons (Fsp3) is 0.235. The molecule has 1 heterocycles. The van der Waals surface area contributed by atoms with E-state index in [0.717, 1.165) is 23.2 Å². The van der Waals surface area contributed by atoms with Gasteiger partial charge in [0.25, 0.3) is 0 Å². The van der Waals surface area contributed by atoms with Crippen molar-refractivity contribution in [3.63, 3.8) is 0 Å². The number of guanidine groups is 1. The van der Waals surface area contributed by atoms with E-state index in [1.54, 1.807) is 0 Å². The summed E-state index contributed by atoms with van der Waals surface area (Å²) in [6, 6.07) is 14.0. The summed E-state index contributed by atoms with van der Waals surface area (Å²) in [6.45, 7) is 2.86. The van der Waals surface area contributed by atoms with Crippen LogP contribution in [0, 0.1) is 0 Å². The van der Waals surface area contributed by atoms with Gasteiger partial charge in [-0.15, -0.1) is 0 Å². The van der Waals surface area contributed by atoms with Crippen molar-refractivity contribution in [2.45, 2.75) is 12.5 Å². The number of halogens is 2. The van der Waals surface area contributed by atoms with E-state index in [2.05, 4.69) is 30.1 Å². The number of hydrogen-bond acceptors (Lipinski definition) is 3. The van der Waals surface area contributed by atoms with Crippen molar-refractivity contribution in [2.75, 3.05) is 13.6 Å². The molecule has 114 valence electrons. The number of benzene rings is 2. The Hall–Kier alpha value is -1.71. The first kappa shape index (κ1) is 15.2. The Kier molecular flexibility index (Phi) is 3.79. The van der Waals surface area contributed by atoms with Gasteiger partial charge >= 0.3 is 0 Å². The minimum atomic E-state index is -0.328. The monoisotopic (exact) mass is 333 g/mol. The molecule has 0 aliphatic carbocycles. The second kappa shape index (κ2) is 5.49. The molecular weight excluding hydrogens is 317 g/mol. The van der Waals surface area contributed by atoms with Crippen LogP contribution in [-0.4, -0.2) is 24.5 Å². The van der Waals surface area contributed by atoms with Crippen LogP contribution in [0.5, 0.6) is 0 Å². The predicted molar refractivity (Wildman–Crippen MR) is 93.5 cm³/mol. The summed E-state index contributed by atoms with van der Waals surface area (Å²) in [6.07, 6.45) is 0. The van der Waals surface area contributed by atoms with E-state index in [9.17, 15) is 0 Å². The summed E-state index contributed by atoms with van der Waals surface area (Å²) in [5.74, 6) is 0.572. The average molecular weight is 334 g/mol. The minimum Gasteiger partial charge on any atom is -0.370 e. The Morgan fingerprint density at radius 2 is 1.82 bits per heavy atom. The molecule has 0 fully saturated rings. The van der Waals surface area contributed by atoms with Crippen LogP contribution < -0.4 is 5.73 Å². The fourth-order valence-electron chi connectivity index (χ4n) is 2.78. The molecule has 0 amide bonds. The van der Waals surface area contributed by atoms with E-state index in [0.29, 0.717) is 16.0 Å². The Labute approximate surface area is 140 Å². The lowest BCUT2D eigenvalue weighted by atomic mass is 9.90. The highest BCUT2D eigenvalue weighted by atomic mass is 35.5. The zero-order chi connectivity index (χ0) is 15.9. The van der Waals surface area contributed by atoms with Crippen molar-refractivity contribution < 1.29 is 0 Å². The summed E-state index contributed by atoms with van der Waals surface area (Å²) in [7, 11) is 1.95. The highest BCUT2D eigenvalue weighted by Gasteiger charge is 2.34. The molecule has 1 aliphatic heterocycles.